The van der Waals surface area contributed by atoms with Crippen LogP contribution in [-0.4, -0.2) is 21.1 Å². The van der Waals surface area contributed by atoms with Gasteiger partial charge in [-0.05, 0) is 36.8 Å². The highest BCUT2D eigenvalue weighted by molar-refractivity contribution is 6.11. The summed E-state index contributed by atoms with van der Waals surface area (Å²) < 4.78 is 0. The molecule has 6 heteroatoms. The first-order chi connectivity index (χ1) is 9.63. The fraction of sp³-hybridized carbons (Fsp3) is 0.0714. The van der Waals surface area contributed by atoms with Crippen LogP contribution in [0.5, 0.6) is 0 Å². The SMILES string of the molecule is Cc1ccc(NC(=O)c2n[nH]c3ccc(N)cc23)nc1. The lowest BCUT2D eigenvalue weighted by Gasteiger charge is -2.03. The monoisotopic (exact) mass is 267 g/mol. The molecule has 3 rings (SSSR count). The van der Waals surface area contributed by atoms with Crippen molar-refractivity contribution in [2.24, 2.45) is 0 Å². The minimum atomic E-state index is -0.321. The smallest absolute Gasteiger partial charge is 0.277 e. The van der Waals surface area contributed by atoms with E-state index in [1.54, 1.807) is 30.5 Å². The molecule has 3 aromatic rings. The highest BCUT2D eigenvalue weighted by Gasteiger charge is 2.14. The van der Waals surface area contributed by atoms with Crippen LogP contribution in [0.25, 0.3) is 10.9 Å². The summed E-state index contributed by atoms with van der Waals surface area (Å²) >= 11 is 0. The van der Waals surface area contributed by atoms with Gasteiger partial charge >= 0.3 is 0 Å². The number of carbonyl (C=O) groups excluding carboxylic acids is 1. The molecule has 0 radical (unpaired) electrons. The third kappa shape index (κ3) is 2.18. The third-order valence-corrected chi connectivity index (χ3v) is 2.95. The Bertz CT molecular complexity index is 776. The number of aryl methyl sites for hydroxylation is 1. The number of aromatic nitrogens is 3. The lowest BCUT2D eigenvalue weighted by Crippen LogP contribution is -2.13. The van der Waals surface area contributed by atoms with E-state index in [-0.39, 0.29) is 5.91 Å². The number of nitrogen functional groups attached to an aromatic ring is 1. The van der Waals surface area contributed by atoms with Crippen LogP contribution in [0, 0.1) is 6.92 Å². The summed E-state index contributed by atoms with van der Waals surface area (Å²) in [5.41, 5.74) is 8.41. The first-order valence-electron chi connectivity index (χ1n) is 6.11. The van der Waals surface area contributed by atoms with Gasteiger partial charge in [0.2, 0.25) is 0 Å². The molecule has 0 atom stereocenters. The summed E-state index contributed by atoms with van der Waals surface area (Å²) in [6.07, 6.45) is 1.69. The fourth-order valence-electron chi connectivity index (χ4n) is 1.92. The fourth-order valence-corrected chi connectivity index (χ4v) is 1.92. The largest absolute Gasteiger partial charge is 0.399 e. The van der Waals surface area contributed by atoms with Gasteiger partial charge in [-0.2, -0.15) is 5.10 Å². The maximum Gasteiger partial charge on any atom is 0.277 e. The molecule has 0 unspecified atom stereocenters. The molecule has 4 N–H and O–H groups in total. The molecule has 6 nitrogen and oxygen atoms in total. The lowest BCUT2D eigenvalue weighted by molar-refractivity contribution is 0.102. The molecule has 0 aliphatic carbocycles. The summed E-state index contributed by atoms with van der Waals surface area (Å²) in [6.45, 7) is 1.93. The van der Waals surface area contributed by atoms with Crippen LogP contribution in [0.3, 0.4) is 0 Å². The number of hydrogen-bond donors (Lipinski definition) is 3. The molecule has 0 aliphatic heterocycles. The first kappa shape index (κ1) is 12.2. The number of amides is 1. The molecule has 20 heavy (non-hydrogen) atoms. The zero-order valence-electron chi connectivity index (χ0n) is 10.8. The molecule has 0 aliphatic rings. The Kier molecular flexibility index (Phi) is 2.83. The molecular formula is C14H13N5O. The van der Waals surface area contributed by atoms with Crippen molar-refractivity contribution in [2.75, 3.05) is 11.1 Å². The van der Waals surface area contributed by atoms with Crippen LogP contribution in [0.1, 0.15) is 16.1 Å². The maximum absolute atomic E-state index is 12.2. The Labute approximate surface area is 115 Å². The van der Waals surface area contributed by atoms with Crippen LogP contribution in [-0.2, 0) is 0 Å². The van der Waals surface area contributed by atoms with Crippen molar-refractivity contribution < 1.29 is 4.79 Å². The van der Waals surface area contributed by atoms with E-state index in [1.807, 2.05) is 13.0 Å². The van der Waals surface area contributed by atoms with Crippen molar-refractivity contribution in [3.05, 3.63) is 47.8 Å². The number of aromatic amines is 1. The number of nitrogens with two attached hydrogens (primary N) is 1. The van der Waals surface area contributed by atoms with Gasteiger partial charge in [-0.1, -0.05) is 6.07 Å². The van der Waals surface area contributed by atoms with E-state index in [4.69, 9.17) is 5.73 Å². The second kappa shape index (κ2) is 4.65. The van der Waals surface area contributed by atoms with Crippen molar-refractivity contribution in [2.45, 2.75) is 6.92 Å². The van der Waals surface area contributed by atoms with Crippen molar-refractivity contribution in [1.82, 2.24) is 15.2 Å². The molecule has 0 saturated heterocycles. The lowest BCUT2D eigenvalue weighted by atomic mass is 10.2. The zero-order valence-corrected chi connectivity index (χ0v) is 10.8. The van der Waals surface area contributed by atoms with Crippen LogP contribution < -0.4 is 11.1 Å². The van der Waals surface area contributed by atoms with E-state index in [0.29, 0.717) is 22.6 Å². The molecule has 2 heterocycles. The maximum atomic E-state index is 12.2. The molecule has 2 aromatic heterocycles. The van der Waals surface area contributed by atoms with Crippen LogP contribution in [0.15, 0.2) is 36.5 Å². The molecule has 100 valence electrons. The highest BCUT2D eigenvalue weighted by atomic mass is 16.2. The number of fused-ring (bicyclic) bond motifs is 1. The molecular weight excluding hydrogens is 254 g/mol. The Morgan fingerprint density at radius 1 is 1.30 bits per heavy atom. The van der Waals surface area contributed by atoms with Crippen LogP contribution in [0.2, 0.25) is 0 Å². The molecule has 0 saturated carbocycles. The van der Waals surface area contributed by atoms with E-state index in [2.05, 4.69) is 20.5 Å². The topological polar surface area (TPSA) is 96.7 Å². The second-order valence-electron chi connectivity index (χ2n) is 4.55. The van der Waals surface area contributed by atoms with E-state index in [0.717, 1.165) is 11.1 Å². The Morgan fingerprint density at radius 2 is 2.15 bits per heavy atom. The summed E-state index contributed by atoms with van der Waals surface area (Å²) in [6, 6.07) is 8.89. The van der Waals surface area contributed by atoms with Gasteiger partial charge in [0.05, 0.1) is 5.52 Å². The average Bonchev–Trinajstić information content (AvgIpc) is 2.84. The number of anilines is 2. The van der Waals surface area contributed by atoms with Crippen molar-refractivity contribution in [3.63, 3.8) is 0 Å². The van der Waals surface area contributed by atoms with Crippen molar-refractivity contribution >= 4 is 28.3 Å². The minimum absolute atomic E-state index is 0.301. The van der Waals surface area contributed by atoms with Crippen molar-refractivity contribution in [3.8, 4) is 0 Å². The summed E-state index contributed by atoms with van der Waals surface area (Å²) in [5, 5.41) is 10.2. The summed E-state index contributed by atoms with van der Waals surface area (Å²) in [7, 11) is 0. The Balaban J connectivity index is 1.92. The number of nitrogens with zero attached hydrogens (tertiary/aromatic N) is 2. The van der Waals surface area contributed by atoms with Gasteiger partial charge in [-0.15, -0.1) is 0 Å². The zero-order chi connectivity index (χ0) is 14.1. The minimum Gasteiger partial charge on any atom is -0.399 e. The number of rotatable bonds is 2. The van der Waals surface area contributed by atoms with Gasteiger partial charge in [0.25, 0.3) is 5.91 Å². The number of pyridine rings is 1. The van der Waals surface area contributed by atoms with Gasteiger partial charge in [-0.25, -0.2) is 4.98 Å². The quantitative estimate of drug-likeness (QED) is 0.619. The van der Waals surface area contributed by atoms with Crippen molar-refractivity contribution in [1.29, 1.82) is 0 Å². The predicted octanol–water partition coefficient (Wildman–Crippen LogP) is 2.10. The van der Waals surface area contributed by atoms with E-state index in [1.165, 1.54) is 0 Å². The second-order valence-corrected chi connectivity index (χ2v) is 4.55. The number of carbonyl (C=O) groups is 1. The molecule has 0 bridgehead atoms. The highest BCUT2D eigenvalue weighted by Crippen LogP contribution is 2.19. The average molecular weight is 267 g/mol. The molecule has 1 aromatic carbocycles. The summed E-state index contributed by atoms with van der Waals surface area (Å²) in [5.74, 6) is 0.166. The molecule has 0 fully saturated rings. The van der Waals surface area contributed by atoms with Crippen LogP contribution in [0.4, 0.5) is 11.5 Å². The summed E-state index contributed by atoms with van der Waals surface area (Å²) in [4.78, 5) is 16.3. The van der Waals surface area contributed by atoms with Gasteiger partial charge < -0.3 is 11.1 Å². The van der Waals surface area contributed by atoms with Crippen LogP contribution >= 0.6 is 0 Å². The predicted molar refractivity (Wildman–Crippen MR) is 77.4 cm³/mol. The molecule has 1 amide bonds. The van der Waals surface area contributed by atoms with Gasteiger partial charge in [0.1, 0.15) is 5.82 Å². The number of hydrogen-bond acceptors (Lipinski definition) is 4. The van der Waals surface area contributed by atoms with Gasteiger partial charge in [0, 0.05) is 17.3 Å². The van der Waals surface area contributed by atoms with Gasteiger partial charge in [-0.3, -0.25) is 9.89 Å². The molecule has 0 spiro atoms. The van der Waals surface area contributed by atoms with E-state index in [9.17, 15) is 4.79 Å². The number of benzene rings is 1. The Morgan fingerprint density at radius 3 is 2.90 bits per heavy atom. The number of nitrogens with one attached hydrogen (secondary N) is 2. The standard InChI is InChI=1S/C14H13N5O/c1-8-2-5-12(16-7-8)17-14(20)13-10-6-9(15)3-4-11(10)18-19-13/h2-7H,15H2,1H3,(H,18,19)(H,16,17,20). The Hall–Kier alpha value is -2.89. The normalized spacial score (nSPS) is 10.7. The van der Waals surface area contributed by atoms with E-state index >= 15 is 0 Å². The van der Waals surface area contributed by atoms with Gasteiger partial charge in [0.15, 0.2) is 5.69 Å². The van der Waals surface area contributed by atoms with E-state index < -0.39 is 0 Å². The first-order valence-corrected chi connectivity index (χ1v) is 6.11. The third-order valence-electron chi connectivity index (χ3n) is 2.95. The number of H-pyrrole nitrogens is 1.